The van der Waals surface area contributed by atoms with Crippen molar-refractivity contribution in [2.75, 3.05) is 26.2 Å². The van der Waals surface area contributed by atoms with E-state index in [2.05, 4.69) is 4.90 Å². The Morgan fingerprint density at radius 3 is 2.33 bits per heavy atom. The van der Waals surface area contributed by atoms with Crippen LogP contribution in [0.15, 0.2) is 24.3 Å². The zero-order valence-electron chi connectivity index (χ0n) is 8.82. The fraction of sp³-hybridized carbons (Fsp3) is 0.455. The van der Waals surface area contributed by atoms with Crippen molar-refractivity contribution in [2.45, 2.75) is 6.54 Å². The van der Waals surface area contributed by atoms with Crippen molar-refractivity contribution < 1.29 is 4.39 Å². The smallest absolute Gasteiger partial charge is 0.123 e. The van der Waals surface area contributed by atoms with Crippen LogP contribution in [0.3, 0.4) is 0 Å². The molecule has 0 aromatic heterocycles. The Hall–Kier alpha value is -0.970. The van der Waals surface area contributed by atoms with Gasteiger partial charge < -0.3 is 11.5 Å². The minimum absolute atomic E-state index is 0.201. The van der Waals surface area contributed by atoms with Crippen LogP contribution < -0.4 is 11.5 Å². The Morgan fingerprint density at radius 1 is 1.13 bits per heavy atom. The number of nitrogens with zero attached hydrogens (tertiary/aromatic N) is 1. The number of hydrogen-bond donors (Lipinski definition) is 2. The lowest BCUT2D eigenvalue weighted by Crippen LogP contribution is -2.33. The molecule has 1 rings (SSSR count). The second kappa shape index (κ2) is 6.50. The van der Waals surface area contributed by atoms with Gasteiger partial charge in [-0.3, -0.25) is 4.90 Å². The SMILES string of the molecule is NCCN(CCN)Cc1cccc(F)c1. The number of benzene rings is 1. The van der Waals surface area contributed by atoms with Gasteiger partial charge in [-0.25, -0.2) is 4.39 Å². The van der Waals surface area contributed by atoms with Crippen LogP contribution in [0.4, 0.5) is 4.39 Å². The van der Waals surface area contributed by atoms with Crippen LogP contribution in [0.1, 0.15) is 5.56 Å². The molecule has 0 amide bonds. The van der Waals surface area contributed by atoms with Crippen LogP contribution in [0.5, 0.6) is 0 Å². The van der Waals surface area contributed by atoms with E-state index in [-0.39, 0.29) is 5.82 Å². The Morgan fingerprint density at radius 2 is 1.80 bits per heavy atom. The first-order chi connectivity index (χ1) is 7.26. The Kier molecular flexibility index (Phi) is 5.25. The molecule has 0 heterocycles. The van der Waals surface area contributed by atoms with Crippen molar-refractivity contribution in [1.82, 2.24) is 4.90 Å². The summed E-state index contributed by atoms with van der Waals surface area (Å²) in [5.74, 6) is -0.201. The van der Waals surface area contributed by atoms with E-state index >= 15 is 0 Å². The van der Waals surface area contributed by atoms with Gasteiger partial charge in [-0.15, -0.1) is 0 Å². The summed E-state index contributed by atoms with van der Waals surface area (Å²) in [5.41, 5.74) is 11.9. The third-order valence-corrected chi connectivity index (χ3v) is 2.19. The van der Waals surface area contributed by atoms with Gasteiger partial charge in [0.05, 0.1) is 0 Å². The highest BCUT2D eigenvalue weighted by Crippen LogP contribution is 2.06. The number of nitrogens with two attached hydrogens (primary N) is 2. The first kappa shape index (κ1) is 12.1. The molecule has 0 aliphatic heterocycles. The normalized spacial score (nSPS) is 10.9. The van der Waals surface area contributed by atoms with Crippen molar-refractivity contribution in [1.29, 1.82) is 0 Å². The molecule has 0 spiro atoms. The van der Waals surface area contributed by atoms with Gasteiger partial charge in [-0.1, -0.05) is 12.1 Å². The van der Waals surface area contributed by atoms with Crippen molar-refractivity contribution in [3.63, 3.8) is 0 Å². The summed E-state index contributed by atoms with van der Waals surface area (Å²) < 4.78 is 12.9. The quantitative estimate of drug-likeness (QED) is 0.722. The molecule has 3 nitrogen and oxygen atoms in total. The molecule has 0 saturated heterocycles. The van der Waals surface area contributed by atoms with Crippen molar-refractivity contribution >= 4 is 0 Å². The standard InChI is InChI=1S/C11H18FN3/c12-11-3-1-2-10(8-11)9-15(6-4-13)7-5-14/h1-3,8H,4-7,9,13-14H2. The molecule has 4 heteroatoms. The predicted molar refractivity (Wildman–Crippen MR) is 59.8 cm³/mol. The molecule has 0 aliphatic carbocycles. The molecule has 0 bridgehead atoms. The average Bonchev–Trinajstić information content (AvgIpc) is 2.18. The number of halogens is 1. The van der Waals surface area contributed by atoms with Crippen molar-refractivity contribution in [3.05, 3.63) is 35.6 Å². The first-order valence-electron chi connectivity index (χ1n) is 5.13. The van der Waals surface area contributed by atoms with E-state index in [0.717, 1.165) is 18.7 Å². The summed E-state index contributed by atoms with van der Waals surface area (Å²) in [7, 11) is 0. The van der Waals surface area contributed by atoms with Crippen LogP contribution in [-0.2, 0) is 6.54 Å². The summed E-state index contributed by atoms with van der Waals surface area (Å²) in [6.07, 6.45) is 0. The molecule has 1 aromatic rings. The summed E-state index contributed by atoms with van der Waals surface area (Å²) in [4.78, 5) is 2.12. The molecular weight excluding hydrogens is 193 g/mol. The van der Waals surface area contributed by atoms with E-state index in [4.69, 9.17) is 11.5 Å². The minimum Gasteiger partial charge on any atom is -0.329 e. The second-order valence-corrected chi connectivity index (χ2v) is 3.48. The predicted octanol–water partition coefficient (Wildman–Crippen LogP) is 0.545. The van der Waals surface area contributed by atoms with Gasteiger partial charge in [-0.2, -0.15) is 0 Å². The summed E-state index contributed by atoms with van der Waals surface area (Å²) in [5, 5.41) is 0. The maximum absolute atomic E-state index is 12.9. The molecule has 4 N–H and O–H groups in total. The van der Waals surface area contributed by atoms with E-state index < -0.39 is 0 Å². The highest BCUT2D eigenvalue weighted by atomic mass is 19.1. The molecule has 1 aromatic carbocycles. The van der Waals surface area contributed by atoms with Crippen molar-refractivity contribution in [3.8, 4) is 0 Å². The van der Waals surface area contributed by atoms with Gasteiger partial charge in [0.25, 0.3) is 0 Å². The van der Waals surface area contributed by atoms with Crippen LogP contribution >= 0.6 is 0 Å². The maximum atomic E-state index is 12.9. The Labute approximate surface area is 89.9 Å². The zero-order valence-corrected chi connectivity index (χ0v) is 8.82. The zero-order chi connectivity index (χ0) is 11.1. The molecule has 0 fully saturated rings. The Bertz CT molecular complexity index is 285. The van der Waals surface area contributed by atoms with Gasteiger partial charge in [0.2, 0.25) is 0 Å². The largest absolute Gasteiger partial charge is 0.329 e. The molecule has 0 unspecified atom stereocenters. The van der Waals surface area contributed by atoms with E-state index in [9.17, 15) is 4.39 Å². The number of rotatable bonds is 6. The topological polar surface area (TPSA) is 55.3 Å². The van der Waals surface area contributed by atoms with E-state index in [1.54, 1.807) is 12.1 Å². The minimum atomic E-state index is -0.201. The average molecular weight is 211 g/mol. The maximum Gasteiger partial charge on any atom is 0.123 e. The molecule has 0 saturated carbocycles. The molecule has 0 aliphatic rings. The molecular formula is C11H18FN3. The van der Waals surface area contributed by atoms with E-state index in [1.165, 1.54) is 6.07 Å². The van der Waals surface area contributed by atoms with Crippen molar-refractivity contribution in [2.24, 2.45) is 11.5 Å². The third-order valence-electron chi connectivity index (χ3n) is 2.19. The van der Waals surface area contributed by atoms with Crippen LogP contribution in [0.25, 0.3) is 0 Å². The molecule has 0 radical (unpaired) electrons. The fourth-order valence-corrected chi connectivity index (χ4v) is 1.53. The third kappa shape index (κ3) is 4.38. The first-order valence-corrected chi connectivity index (χ1v) is 5.13. The van der Waals surface area contributed by atoms with Crippen LogP contribution in [0.2, 0.25) is 0 Å². The molecule has 15 heavy (non-hydrogen) atoms. The van der Waals surface area contributed by atoms with Gasteiger partial charge in [0.1, 0.15) is 5.82 Å². The summed E-state index contributed by atoms with van der Waals surface area (Å²) in [6, 6.07) is 6.61. The molecule has 0 atom stereocenters. The lowest BCUT2D eigenvalue weighted by molar-refractivity contribution is 0.280. The van der Waals surface area contributed by atoms with Gasteiger partial charge in [-0.05, 0) is 17.7 Å². The number of hydrogen-bond acceptors (Lipinski definition) is 3. The lowest BCUT2D eigenvalue weighted by atomic mass is 10.2. The summed E-state index contributed by atoms with van der Waals surface area (Å²) in [6.45, 7) is 3.46. The van der Waals surface area contributed by atoms with Gasteiger partial charge >= 0.3 is 0 Å². The Balaban J connectivity index is 2.56. The van der Waals surface area contributed by atoms with Gasteiger partial charge in [0, 0.05) is 32.7 Å². The van der Waals surface area contributed by atoms with E-state index in [1.807, 2.05) is 6.07 Å². The highest BCUT2D eigenvalue weighted by molar-refractivity contribution is 5.16. The monoisotopic (exact) mass is 211 g/mol. The fourth-order valence-electron chi connectivity index (χ4n) is 1.53. The summed E-state index contributed by atoms with van der Waals surface area (Å²) >= 11 is 0. The van der Waals surface area contributed by atoms with Gasteiger partial charge in [0.15, 0.2) is 0 Å². The highest BCUT2D eigenvalue weighted by Gasteiger charge is 2.04. The molecule has 84 valence electrons. The van der Waals surface area contributed by atoms with E-state index in [0.29, 0.717) is 19.6 Å². The lowest BCUT2D eigenvalue weighted by Gasteiger charge is -2.20. The van der Waals surface area contributed by atoms with Crippen LogP contribution in [0, 0.1) is 5.82 Å². The second-order valence-electron chi connectivity index (χ2n) is 3.48. The van der Waals surface area contributed by atoms with Crippen LogP contribution in [-0.4, -0.2) is 31.1 Å².